The summed E-state index contributed by atoms with van der Waals surface area (Å²) in [4.78, 5) is 24.5. The number of ketones is 1. The number of rotatable bonds is 5. The highest BCUT2D eigenvalue weighted by Gasteiger charge is 2.49. The summed E-state index contributed by atoms with van der Waals surface area (Å²) in [5.74, 6) is -0.396. The molecule has 0 aromatic heterocycles. The Hall–Kier alpha value is -1.90. The summed E-state index contributed by atoms with van der Waals surface area (Å²) in [6.45, 7) is 6.11. The number of Topliss-reactive ketones (excluding diaryl/α,β-unsaturated/α-hetero) is 1. The molecule has 1 atom stereocenters. The zero-order valence-corrected chi connectivity index (χ0v) is 11.9. The summed E-state index contributed by atoms with van der Waals surface area (Å²) in [6.07, 6.45) is 2.13. The Morgan fingerprint density at radius 2 is 2.05 bits per heavy atom. The van der Waals surface area contributed by atoms with Gasteiger partial charge in [0.1, 0.15) is 5.41 Å². The summed E-state index contributed by atoms with van der Waals surface area (Å²) in [6, 6.07) is 9.67. The van der Waals surface area contributed by atoms with Crippen molar-refractivity contribution in [1.82, 2.24) is 0 Å². The van der Waals surface area contributed by atoms with Crippen LogP contribution in [0.25, 0.3) is 5.57 Å². The van der Waals surface area contributed by atoms with Crippen LogP contribution in [0, 0.1) is 5.41 Å². The average Bonchev–Trinajstić information content (AvgIpc) is 2.82. The highest BCUT2D eigenvalue weighted by molar-refractivity contribution is 6.06. The van der Waals surface area contributed by atoms with E-state index in [-0.39, 0.29) is 11.8 Å². The molecule has 1 aromatic carbocycles. The first kappa shape index (κ1) is 14.5. The van der Waals surface area contributed by atoms with E-state index in [9.17, 15) is 9.59 Å². The zero-order chi connectivity index (χ0) is 14.6. The molecule has 3 heteroatoms. The van der Waals surface area contributed by atoms with E-state index in [1.807, 2.05) is 30.3 Å². The highest BCUT2D eigenvalue weighted by Crippen LogP contribution is 2.43. The Bertz CT molecular complexity index is 518. The molecule has 1 aromatic rings. The van der Waals surface area contributed by atoms with Crippen LogP contribution in [0.2, 0.25) is 0 Å². The number of esters is 1. The Morgan fingerprint density at radius 1 is 1.35 bits per heavy atom. The Labute approximate surface area is 119 Å². The fourth-order valence-electron chi connectivity index (χ4n) is 2.81. The zero-order valence-electron chi connectivity index (χ0n) is 11.9. The van der Waals surface area contributed by atoms with Crippen LogP contribution in [0.15, 0.2) is 36.9 Å². The van der Waals surface area contributed by atoms with Gasteiger partial charge in [-0.25, -0.2) is 0 Å². The van der Waals surface area contributed by atoms with E-state index in [1.165, 1.54) is 0 Å². The number of hydrogen-bond donors (Lipinski definition) is 0. The molecule has 0 heterocycles. The fourth-order valence-corrected chi connectivity index (χ4v) is 2.81. The van der Waals surface area contributed by atoms with Crippen molar-refractivity contribution >= 4 is 17.3 Å². The van der Waals surface area contributed by atoms with Crippen LogP contribution in [-0.2, 0) is 14.3 Å². The first-order valence-electron chi connectivity index (χ1n) is 7.04. The second-order valence-electron chi connectivity index (χ2n) is 5.23. The van der Waals surface area contributed by atoms with Gasteiger partial charge in [-0.2, -0.15) is 0 Å². The quantitative estimate of drug-likeness (QED) is 0.609. The van der Waals surface area contributed by atoms with Crippen LogP contribution in [0.4, 0.5) is 0 Å². The predicted molar refractivity (Wildman–Crippen MR) is 78.0 cm³/mol. The van der Waals surface area contributed by atoms with Crippen molar-refractivity contribution in [3.63, 3.8) is 0 Å². The van der Waals surface area contributed by atoms with E-state index in [0.717, 1.165) is 17.6 Å². The molecule has 1 aliphatic rings. The molecule has 0 bridgehead atoms. The van der Waals surface area contributed by atoms with Gasteiger partial charge in [0.25, 0.3) is 0 Å². The van der Waals surface area contributed by atoms with Crippen LogP contribution in [0.3, 0.4) is 0 Å². The van der Waals surface area contributed by atoms with Gasteiger partial charge in [-0.3, -0.25) is 9.59 Å². The number of hydrogen-bond acceptors (Lipinski definition) is 3. The van der Waals surface area contributed by atoms with E-state index < -0.39 is 5.41 Å². The molecular formula is C17H20O3. The second-order valence-corrected chi connectivity index (χ2v) is 5.23. The summed E-state index contributed by atoms with van der Waals surface area (Å²) in [5.41, 5.74) is 0.771. The third kappa shape index (κ3) is 2.67. The van der Waals surface area contributed by atoms with Gasteiger partial charge in [-0.15, -0.1) is 0 Å². The molecule has 0 aliphatic heterocycles. The minimum Gasteiger partial charge on any atom is -0.465 e. The first-order chi connectivity index (χ1) is 9.60. The molecule has 0 N–H and O–H groups in total. The lowest BCUT2D eigenvalue weighted by Gasteiger charge is -2.26. The average molecular weight is 272 g/mol. The van der Waals surface area contributed by atoms with Crippen molar-refractivity contribution < 1.29 is 14.3 Å². The van der Waals surface area contributed by atoms with Crippen LogP contribution in [0.5, 0.6) is 0 Å². The molecule has 0 amide bonds. The first-order valence-corrected chi connectivity index (χ1v) is 7.04. The maximum Gasteiger partial charge on any atom is 0.319 e. The van der Waals surface area contributed by atoms with Crippen molar-refractivity contribution in [2.75, 3.05) is 6.61 Å². The number of carbonyl (C=O) groups excluding carboxylic acids is 2. The van der Waals surface area contributed by atoms with Gasteiger partial charge in [-0.1, -0.05) is 36.9 Å². The SMILES string of the molecule is C=C(CC1(C(=O)OCC)CCCC1=O)c1ccccc1. The molecular weight excluding hydrogens is 252 g/mol. The lowest BCUT2D eigenvalue weighted by atomic mass is 9.78. The molecule has 1 unspecified atom stereocenters. The third-order valence-electron chi connectivity index (χ3n) is 3.90. The van der Waals surface area contributed by atoms with Crippen molar-refractivity contribution in [1.29, 1.82) is 0 Å². The van der Waals surface area contributed by atoms with Gasteiger partial charge in [0.15, 0.2) is 5.78 Å². The van der Waals surface area contributed by atoms with E-state index in [4.69, 9.17) is 4.74 Å². The van der Waals surface area contributed by atoms with Crippen molar-refractivity contribution in [2.24, 2.45) is 5.41 Å². The largest absolute Gasteiger partial charge is 0.465 e. The number of ether oxygens (including phenoxy) is 1. The summed E-state index contributed by atoms with van der Waals surface area (Å²) >= 11 is 0. The Kier molecular flexibility index (Phi) is 4.38. The number of allylic oxidation sites excluding steroid dienone is 1. The van der Waals surface area contributed by atoms with Crippen LogP contribution in [0.1, 0.15) is 38.2 Å². The monoisotopic (exact) mass is 272 g/mol. The number of benzene rings is 1. The van der Waals surface area contributed by atoms with Crippen LogP contribution >= 0.6 is 0 Å². The highest BCUT2D eigenvalue weighted by atomic mass is 16.5. The smallest absolute Gasteiger partial charge is 0.319 e. The molecule has 1 aliphatic carbocycles. The molecule has 0 spiro atoms. The third-order valence-corrected chi connectivity index (χ3v) is 3.90. The van der Waals surface area contributed by atoms with Gasteiger partial charge in [0.05, 0.1) is 6.61 Å². The van der Waals surface area contributed by atoms with Gasteiger partial charge >= 0.3 is 5.97 Å². The van der Waals surface area contributed by atoms with Gasteiger partial charge in [-0.05, 0) is 37.3 Å². The van der Waals surface area contributed by atoms with E-state index in [0.29, 0.717) is 25.9 Å². The van der Waals surface area contributed by atoms with E-state index in [2.05, 4.69) is 6.58 Å². The van der Waals surface area contributed by atoms with E-state index >= 15 is 0 Å². The Balaban J connectivity index is 2.23. The molecule has 0 radical (unpaired) electrons. The summed E-state index contributed by atoms with van der Waals surface area (Å²) < 4.78 is 5.14. The molecule has 1 fully saturated rings. The maximum atomic E-state index is 12.3. The lowest BCUT2D eigenvalue weighted by Crippen LogP contribution is -2.37. The van der Waals surface area contributed by atoms with Crippen molar-refractivity contribution in [3.05, 3.63) is 42.5 Å². The summed E-state index contributed by atoms with van der Waals surface area (Å²) in [7, 11) is 0. The van der Waals surface area contributed by atoms with Crippen molar-refractivity contribution in [2.45, 2.75) is 32.6 Å². The fraction of sp³-hybridized carbons (Fsp3) is 0.412. The predicted octanol–water partition coefficient (Wildman–Crippen LogP) is 3.39. The normalized spacial score (nSPS) is 21.8. The van der Waals surface area contributed by atoms with Crippen molar-refractivity contribution in [3.8, 4) is 0 Å². The molecule has 1 saturated carbocycles. The molecule has 2 rings (SSSR count). The Morgan fingerprint density at radius 3 is 2.60 bits per heavy atom. The lowest BCUT2D eigenvalue weighted by molar-refractivity contribution is -0.158. The topological polar surface area (TPSA) is 43.4 Å². The molecule has 20 heavy (non-hydrogen) atoms. The second kappa shape index (κ2) is 6.04. The molecule has 3 nitrogen and oxygen atoms in total. The minimum absolute atomic E-state index is 0.00645. The van der Waals surface area contributed by atoms with Gasteiger partial charge in [0, 0.05) is 6.42 Å². The van der Waals surface area contributed by atoms with Crippen LogP contribution in [-0.4, -0.2) is 18.4 Å². The standard InChI is InChI=1S/C17H20O3/c1-3-20-16(19)17(11-7-10-15(17)18)12-13(2)14-8-5-4-6-9-14/h4-6,8-9H,2-3,7,10-12H2,1H3. The maximum absolute atomic E-state index is 12.3. The van der Waals surface area contributed by atoms with E-state index in [1.54, 1.807) is 6.92 Å². The van der Waals surface area contributed by atoms with Gasteiger partial charge < -0.3 is 4.74 Å². The number of carbonyl (C=O) groups is 2. The summed E-state index contributed by atoms with van der Waals surface area (Å²) in [5, 5.41) is 0. The molecule has 0 saturated heterocycles. The minimum atomic E-state index is -1.01. The van der Waals surface area contributed by atoms with Gasteiger partial charge in [0.2, 0.25) is 0 Å². The molecule has 106 valence electrons. The van der Waals surface area contributed by atoms with Crippen LogP contribution < -0.4 is 0 Å².